The zero-order valence-electron chi connectivity index (χ0n) is 5.41. The van der Waals surface area contributed by atoms with Crippen LogP contribution in [-0.4, -0.2) is 13.2 Å². The van der Waals surface area contributed by atoms with Crippen LogP contribution >= 0.6 is 11.8 Å². The van der Waals surface area contributed by atoms with Crippen LogP contribution in [-0.2, 0) is 4.74 Å². The fourth-order valence-corrected chi connectivity index (χ4v) is 1.26. The van der Waals surface area contributed by atoms with Gasteiger partial charge in [-0.3, -0.25) is 0 Å². The van der Waals surface area contributed by atoms with Gasteiger partial charge in [-0.25, -0.2) is 0 Å². The standard InChI is InChI=1S/C7H10OS/c1-8-7-3-2-5-9-6-4-7/h2,4-7H,3H2,1H3. The molecular formula is C7H10OS. The molecule has 0 aromatic carbocycles. The molecule has 0 aromatic heterocycles. The molecule has 0 bridgehead atoms. The molecule has 2 heteroatoms. The molecule has 0 fully saturated rings. The minimum absolute atomic E-state index is 0.288. The molecule has 0 radical (unpaired) electrons. The maximum absolute atomic E-state index is 5.12. The third-order valence-corrected chi connectivity index (χ3v) is 1.88. The third kappa shape index (κ3) is 2.24. The van der Waals surface area contributed by atoms with Crippen LogP contribution in [0.2, 0.25) is 0 Å². The lowest BCUT2D eigenvalue weighted by atomic mass is 10.2. The number of ether oxygens (including phenoxy) is 1. The monoisotopic (exact) mass is 142 g/mol. The third-order valence-electron chi connectivity index (χ3n) is 1.22. The second-order valence-electron chi connectivity index (χ2n) is 1.85. The van der Waals surface area contributed by atoms with Crippen LogP contribution in [0.3, 0.4) is 0 Å². The molecular weight excluding hydrogens is 132 g/mol. The van der Waals surface area contributed by atoms with Gasteiger partial charge < -0.3 is 4.74 Å². The second-order valence-corrected chi connectivity index (χ2v) is 2.66. The summed E-state index contributed by atoms with van der Waals surface area (Å²) in [7, 11) is 1.73. The second kappa shape index (κ2) is 3.75. The summed E-state index contributed by atoms with van der Waals surface area (Å²) < 4.78 is 5.12. The largest absolute Gasteiger partial charge is 0.377 e. The zero-order valence-corrected chi connectivity index (χ0v) is 6.23. The van der Waals surface area contributed by atoms with Crippen molar-refractivity contribution in [1.29, 1.82) is 0 Å². The van der Waals surface area contributed by atoms with Gasteiger partial charge in [0, 0.05) is 7.11 Å². The maximum Gasteiger partial charge on any atom is 0.0794 e. The molecule has 1 unspecified atom stereocenters. The van der Waals surface area contributed by atoms with E-state index in [0.29, 0.717) is 0 Å². The number of thioether (sulfide) groups is 1. The minimum Gasteiger partial charge on any atom is -0.377 e. The topological polar surface area (TPSA) is 9.23 Å². The lowest BCUT2D eigenvalue weighted by Gasteiger charge is -2.04. The molecule has 0 amide bonds. The summed E-state index contributed by atoms with van der Waals surface area (Å²) >= 11 is 1.69. The van der Waals surface area contributed by atoms with Crippen LogP contribution < -0.4 is 0 Å². The zero-order chi connectivity index (χ0) is 6.53. The minimum atomic E-state index is 0.288. The van der Waals surface area contributed by atoms with E-state index in [9.17, 15) is 0 Å². The summed E-state index contributed by atoms with van der Waals surface area (Å²) in [5.41, 5.74) is 0. The van der Waals surface area contributed by atoms with Gasteiger partial charge in [-0.15, -0.1) is 11.8 Å². The van der Waals surface area contributed by atoms with Crippen molar-refractivity contribution in [3.63, 3.8) is 0 Å². The SMILES string of the molecule is COC1C=CSC=CC1. The Morgan fingerprint density at radius 1 is 1.56 bits per heavy atom. The van der Waals surface area contributed by atoms with Gasteiger partial charge in [-0.05, 0) is 23.3 Å². The first kappa shape index (κ1) is 6.90. The predicted molar refractivity (Wildman–Crippen MR) is 41.3 cm³/mol. The first-order chi connectivity index (χ1) is 4.43. The average Bonchev–Trinajstić information content (AvgIpc) is 2.13. The Hall–Kier alpha value is -0.210. The fourth-order valence-electron chi connectivity index (χ4n) is 0.677. The van der Waals surface area contributed by atoms with Gasteiger partial charge in [0.25, 0.3) is 0 Å². The highest BCUT2D eigenvalue weighted by atomic mass is 32.2. The van der Waals surface area contributed by atoms with E-state index < -0.39 is 0 Å². The van der Waals surface area contributed by atoms with Crippen LogP contribution in [0.5, 0.6) is 0 Å². The molecule has 50 valence electrons. The normalized spacial score (nSPS) is 26.1. The van der Waals surface area contributed by atoms with Crippen molar-refractivity contribution in [2.24, 2.45) is 0 Å². The summed E-state index contributed by atoms with van der Waals surface area (Å²) in [5, 5.41) is 4.13. The average molecular weight is 142 g/mol. The van der Waals surface area contributed by atoms with Crippen LogP contribution in [0.1, 0.15) is 6.42 Å². The summed E-state index contributed by atoms with van der Waals surface area (Å²) in [6, 6.07) is 0. The highest BCUT2D eigenvalue weighted by molar-refractivity contribution is 8.04. The fraction of sp³-hybridized carbons (Fsp3) is 0.429. The van der Waals surface area contributed by atoms with Crippen molar-refractivity contribution in [3.8, 4) is 0 Å². The first-order valence-electron chi connectivity index (χ1n) is 2.93. The molecule has 0 saturated heterocycles. The van der Waals surface area contributed by atoms with Crippen molar-refractivity contribution in [1.82, 2.24) is 0 Å². The molecule has 1 heterocycles. The Balaban J connectivity index is 2.44. The van der Waals surface area contributed by atoms with E-state index in [0.717, 1.165) is 6.42 Å². The molecule has 0 aromatic rings. The van der Waals surface area contributed by atoms with Gasteiger partial charge >= 0.3 is 0 Å². The molecule has 1 atom stereocenters. The van der Waals surface area contributed by atoms with Crippen molar-refractivity contribution in [2.45, 2.75) is 12.5 Å². The van der Waals surface area contributed by atoms with Crippen molar-refractivity contribution >= 4 is 11.8 Å². The molecule has 1 aliphatic rings. The van der Waals surface area contributed by atoms with Crippen molar-refractivity contribution < 1.29 is 4.74 Å². The van der Waals surface area contributed by atoms with E-state index in [1.165, 1.54) is 0 Å². The summed E-state index contributed by atoms with van der Waals surface area (Å²) in [5.74, 6) is 0. The number of hydrogen-bond acceptors (Lipinski definition) is 2. The number of hydrogen-bond donors (Lipinski definition) is 0. The Labute approximate surface area is 59.8 Å². The summed E-state index contributed by atoms with van der Waals surface area (Å²) in [6.07, 6.45) is 5.49. The number of rotatable bonds is 1. The molecule has 0 spiro atoms. The molecule has 1 aliphatic heterocycles. The molecule has 9 heavy (non-hydrogen) atoms. The van der Waals surface area contributed by atoms with Crippen molar-refractivity contribution in [3.05, 3.63) is 23.0 Å². The molecule has 0 N–H and O–H groups in total. The van der Waals surface area contributed by atoms with Crippen LogP contribution in [0.4, 0.5) is 0 Å². The summed E-state index contributed by atoms with van der Waals surface area (Å²) in [4.78, 5) is 0. The van der Waals surface area contributed by atoms with E-state index in [2.05, 4.69) is 23.0 Å². The van der Waals surface area contributed by atoms with Gasteiger partial charge in [0.05, 0.1) is 6.10 Å². The summed E-state index contributed by atoms with van der Waals surface area (Å²) in [6.45, 7) is 0. The van der Waals surface area contributed by atoms with Crippen molar-refractivity contribution in [2.75, 3.05) is 7.11 Å². The van der Waals surface area contributed by atoms with E-state index in [4.69, 9.17) is 4.74 Å². The van der Waals surface area contributed by atoms with E-state index in [1.54, 1.807) is 18.9 Å². The Morgan fingerprint density at radius 2 is 2.44 bits per heavy atom. The van der Waals surface area contributed by atoms with Gasteiger partial charge in [0.2, 0.25) is 0 Å². The Morgan fingerprint density at radius 3 is 3.22 bits per heavy atom. The molecule has 1 nitrogen and oxygen atoms in total. The molecule has 0 aliphatic carbocycles. The van der Waals surface area contributed by atoms with E-state index in [-0.39, 0.29) is 6.10 Å². The Bertz CT molecular complexity index is 129. The van der Waals surface area contributed by atoms with Crippen LogP contribution in [0.15, 0.2) is 23.0 Å². The van der Waals surface area contributed by atoms with Crippen LogP contribution in [0.25, 0.3) is 0 Å². The molecule has 0 saturated carbocycles. The molecule has 1 rings (SSSR count). The van der Waals surface area contributed by atoms with Crippen LogP contribution in [0, 0.1) is 0 Å². The number of methoxy groups -OCH3 is 1. The quantitative estimate of drug-likeness (QED) is 0.555. The lowest BCUT2D eigenvalue weighted by Crippen LogP contribution is -2.03. The lowest BCUT2D eigenvalue weighted by molar-refractivity contribution is 0.144. The highest BCUT2D eigenvalue weighted by Crippen LogP contribution is 2.13. The smallest absolute Gasteiger partial charge is 0.0794 e. The van der Waals surface area contributed by atoms with E-state index in [1.807, 2.05) is 0 Å². The maximum atomic E-state index is 5.12. The van der Waals surface area contributed by atoms with Gasteiger partial charge in [0.15, 0.2) is 0 Å². The van der Waals surface area contributed by atoms with Gasteiger partial charge in [-0.2, -0.15) is 0 Å². The Kier molecular flexibility index (Phi) is 2.87. The highest BCUT2D eigenvalue weighted by Gasteiger charge is 1.99. The van der Waals surface area contributed by atoms with E-state index >= 15 is 0 Å². The van der Waals surface area contributed by atoms with Gasteiger partial charge in [0.1, 0.15) is 0 Å². The predicted octanol–water partition coefficient (Wildman–Crippen LogP) is 2.17. The first-order valence-corrected chi connectivity index (χ1v) is 3.87. The van der Waals surface area contributed by atoms with Gasteiger partial charge in [-0.1, -0.05) is 6.08 Å².